The average Bonchev–Trinajstić information content (AvgIpc) is 2.58. The van der Waals surface area contributed by atoms with Crippen molar-refractivity contribution < 1.29 is 4.74 Å². The number of ether oxygens (including phenoxy) is 1. The Kier molecular flexibility index (Phi) is 5.54. The van der Waals surface area contributed by atoms with Crippen molar-refractivity contribution in [1.29, 1.82) is 0 Å². The van der Waals surface area contributed by atoms with Crippen LogP contribution in [0.15, 0.2) is 18.2 Å². The van der Waals surface area contributed by atoms with Crippen LogP contribution in [0.4, 0.5) is 0 Å². The molecule has 2 bridgehead atoms. The summed E-state index contributed by atoms with van der Waals surface area (Å²) in [6, 6.07) is 7.50. The van der Waals surface area contributed by atoms with Crippen LogP contribution in [0.2, 0.25) is 0 Å². The van der Waals surface area contributed by atoms with Crippen LogP contribution in [0.5, 0.6) is 5.75 Å². The van der Waals surface area contributed by atoms with E-state index in [4.69, 9.17) is 4.74 Å². The molecule has 3 atom stereocenters. The largest absolute Gasteiger partial charge is 0.497 e. The molecule has 134 valence electrons. The first-order chi connectivity index (χ1) is 11.6. The van der Waals surface area contributed by atoms with Crippen LogP contribution in [0.1, 0.15) is 69.9 Å². The van der Waals surface area contributed by atoms with Crippen molar-refractivity contribution in [3.63, 3.8) is 0 Å². The van der Waals surface area contributed by atoms with Crippen molar-refractivity contribution in [2.45, 2.75) is 76.7 Å². The van der Waals surface area contributed by atoms with E-state index in [2.05, 4.69) is 44.0 Å². The number of rotatable bonds is 5. The van der Waals surface area contributed by atoms with Gasteiger partial charge in [-0.25, -0.2) is 0 Å². The molecule has 0 saturated heterocycles. The van der Waals surface area contributed by atoms with Crippen molar-refractivity contribution in [2.75, 3.05) is 20.7 Å². The zero-order valence-corrected chi connectivity index (χ0v) is 16.1. The van der Waals surface area contributed by atoms with Gasteiger partial charge in [-0.15, -0.1) is 0 Å². The van der Waals surface area contributed by atoms with Crippen LogP contribution in [0.3, 0.4) is 0 Å². The van der Waals surface area contributed by atoms with Gasteiger partial charge in [-0.3, -0.25) is 0 Å². The summed E-state index contributed by atoms with van der Waals surface area (Å²) < 4.78 is 5.57. The number of nitrogens with zero attached hydrogens (tertiary/aromatic N) is 1. The first-order valence-electron chi connectivity index (χ1n) is 9.97. The quantitative estimate of drug-likeness (QED) is 0.737. The third-order valence-corrected chi connectivity index (χ3v) is 6.62. The highest BCUT2D eigenvalue weighted by Crippen LogP contribution is 2.49. The molecule has 1 aromatic rings. The monoisotopic (exact) mass is 329 g/mol. The molecule has 2 aliphatic carbocycles. The molecule has 2 aliphatic rings. The van der Waals surface area contributed by atoms with Gasteiger partial charge in [0.05, 0.1) is 7.11 Å². The Hall–Kier alpha value is -1.02. The lowest BCUT2D eigenvalue weighted by Gasteiger charge is -2.52. The Bertz CT molecular complexity index is 555. The smallest absolute Gasteiger partial charge is 0.119 e. The molecule has 0 aliphatic heterocycles. The Morgan fingerprint density at radius 3 is 2.83 bits per heavy atom. The molecular formula is C22H35NO. The maximum absolute atomic E-state index is 5.57. The van der Waals surface area contributed by atoms with E-state index < -0.39 is 0 Å². The van der Waals surface area contributed by atoms with E-state index in [1.165, 1.54) is 57.9 Å². The Morgan fingerprint density at radius 2 is 2.08 bits per heavy atom. The van der Waals surface area contributed by atoms with E-state index >= 15 is 0 Å². The van der Waals surface area contributed by atoms with Crippen LogP contribution in [-0.2, 0) is 11.8 Å². The molecule has 1 saturated carbocycles. The predicted octanol–water partition coefficient (Wildman–Crippen LogP) is 5.19. The molecule has 0 unspecified atom stereocenters. The fourth-order valence-electron chi connectivity index (χ4n) is 5.48. The van der Waals surface area contributed by atoms with Crippen LogP contribution < -0.4 is 4.74 Å². The van der Waals surface area contributed by atoms with Crippen molar-refractivity contribution >= 4 is 0 Å². The van der Waals surface area contributed by atoms with Gasteiger partial charge in [0.25, 0.3) is 0 Å². The summed E-state index contributed by atoms with van der Waals surface area (Å²) in [5, 5.41) is 0. The van der Waals surface area contributed by atoms with Gasteiger partial charge < -0.3 is 9.64 Å². The lowest BCUT2D eigenvalue weighted by atomic mass is 9.59. The number of fused-ring (bicyclic) bond motifs is 4. The van der Waals surface area contributed by atoms with Crippen LogP contribution >= 0.6 is 0 Å². The van der Waals surface area contributed by atoms with Crippen molar-refractivity contribution in [3.8, 4) is 5.75 Å². The summed E-state index contributed by atoms with van der Waals surface area (Å²) in [4.78, 5) is 2.70. The highest BCUT2D eigenvalue weighted by Gasteiger charge is 2.47. The summed E-state index contributed by atoms with van der Waals surface area (Å²) in [6.45, 7) is 6.07. The molecule has 0 aromatic heterocycles. The Labute approximate surface area is 148 Å². The standard InChI is InChI=1S/C22H35NO/c1-5-6-14-23(3)21-18-10-8-7-9-13-22(21,2)20-16-19(24-4)12-11-17(20)15-18/h11-12,16,18,21H,5-10,13-15H2,1-4H3/t18-,21-,22+/m0/s1. The lowest BCUT2D eigenvalue weighted by Crippen LogP contribution is -2.56. The summed E-state index contributed by atoms with van der Waals surface area (Å²) in [5.41, 5.74) is 3.40. The third-order valence-electron chi connectivity index (χ3n) is 6.62. The normalized spacial score (nSPS) is 29.7. The number of unbranched alkanes of at least 4 members (excludes halogenated alkanes) is 1. The highest BCUT2D eigenvalue weighted by molar-refractivity contribution is 5.44. The van der Waals surface area contributed by atoms with E-state index in [1.54, 1.807) is 18.2 Å². The second-order valence-electron chi connectivity index (χ2n) is 8.28. The molecule has 0 amide bonds. The highest BCUT2D eigenvalue weighted by atomic mass is 16.5. The van der Waals surface area contributed by atoms with Crippen LogP contribution in [0, 0.1) is 5.92 Å². The summed E-state index contributed by atoms with van der Waals surface area (Å²) in [7, 11) is 4.16. The molecule has 1 fully saturated rings. The first-order valence-corrected chi connectivity index (χ1v) is 9.97. The van der Waals surface area contributed by atoms with Gasteiger partial charge in [0.15, 0.2) is 0 Å². The van der Waals surface area contributed by atoms with Gasteiger partial charge in [-0.2, -0.15) is 0 Å². The fourth-order valence-corrected chi connectivity index (χ4v) is 5.48. The number of likely N-dealkylation sites (N-methyl/N-ethyl adjacent to an activating group) is 1. The van der Waals surface area contributed by atoms with Gasteiger partial charge in [0.2, 0.25) is 0 Å². The van der Waals surface area contributed by atoms with Gasteiger partial charge in [-0.1, -0.05) is 45.6 Å². The third kappa shape index (κ3) is 3.22. The number of hydrogen-bond acceptors (Lipinski definition) is 2. The van der Waals surface area contributed by atoms with Crippen LogP contribution in [-0.4, -0.2) is 31.6 Å². The van der Waals surface area contributed by atoms with Crippen molar-refractivity contribution in [2.24, 2.45) is 5.92 Å². The maximum Gasteiger partial charge on any atom is 0.119 e. The minimum absolute atomic E-state index is 0.260. The summed E-state index contributed by atoms with van der Waals surface area (Å²) in [6.07, 6.45) is 10.7. The Morgan fingerprint density at radius 1 is 1.25 bits per heavy atom. The van der Waals surface area contributed by atoms with Crippen LogP contribution in [0.25, 0.3) is 0 Å². The van der Waals surface area contributed by atoms with Gasteiger partial charge in [-0.05, 0) is 68.5 Å². The van der Waals surface area contributed by atoms with E-state index in [1.807, 2.05) is 0 Å². The van der Waals surface area contributed by atoms with E-state index in [0.717, 1.165) is 11.7 Å². The molecule has 1 aromatic carbocycles. The SMILES string of the molecule is CCCCN(C)[C@H]1[C@H]2CCCCC[C@]1(C)c1cc(OC)ccc1C2. The van der Waals surface area contributed by atoms with Gasteiger partial charge in [0, 0.05) is 11.5 Å². The number of hydrogen-bond donors (Lipinski definition) is 0. The predicted molar refractivity (Wildman–Crippen MR) is 102 cm³/mol. The van der Waals surface area contributed by atoms with Gasteiger partial charge in [0.1, 0.15) is 5.75 Å². The fraction of sp³-hybridized carbons (Fsp3) is 0.727. The number of methoxy groups -OCH3 is 1. The topological polar surface area (TPSA) is 12.5 Å². The number of benzene rings is 1. The van der Waals surface area contributed by atoms with Gasteiger partial charge >= 0.3 is 0 Å². The molecule has 0 spiro atoms. The molecule has 0 heterocycles. The maximum atomic E-state index is 5.57. The first kappa shape index (κ1) is 17.8. The molecule has 0 radical (unpaired) electrons. The summed E-state index contributed by atoms with van der Waals surface area (Å²) >= 11 is 0. The zero-order valence-electron chi connectivity index (χ0n) is 16.1. The molecule has 24 heavy (non-hydrogen) atoms. The molecule has 2 nitrogen and oxygen atoms in total. The van der Waals surface area contributed by atoms with E-state index in [-0.39, 0.29) is 5.41 Å². The van der Waals surface area contributed by atoms with E-state index in [9.17, 15) is 0 Å². The second-order valence-corrected chi connectivity index (χ2v) is 8.28. The molecule has 2 heteroatoms. The molecular weight excluding hydrogens is 294 g/mol. The molecule has 3 rings (SSSR count). The van der Waals surface area contributed by atoms with Crippen molar-refractivity contribution in [1.82, 2.24) is 4.90 Å². The average molecular weight is 330 g/mol. The van der Waals surface area contributed by atoms with Crippen molar-refractivity contribution in [3.05, 3.63) is 29.3 Å². The van der Waals surface area contributed by atoms with E-state index in [0.29, 0.717) is 6.04 Å². The minimum atomic E-state index is 0.260. The minimum Gasteiger partial charge on any atom is -0.497 e. The Balaban J connectivity index is 2.03. The summed E-state index contributed by atoms with van der Waals surface area (Å²) in [5.74, 6) is 1.82. The zero-order chi connectivity index (χ0) is 17.2. The second kappa shape index (κ2) is 7.47. The molecule has 0 N–H and O–H groups in total. The lowest BCUT2D eigenvalue weighted by molar-refractivity contribution is 0.0633.